The second-order valence-corrected chi connectivity index (χ2v) is 6.73. The molecule has 0 saturated carbocycles. The fourth-order valence-corrected chi connectivity index (χ4v) is 3.53. The summed E-state index contributed by atoms with van der Waals surface area (Å²) in [6, 6.07) is 17.0. The number of pyridine rings is 1. The number of hydrogen-bond donors (Lipinski definition) is 0. The standard InChI is InChI=1S/C23H19FN2O/c1-15-11-22-23(25-13-15)19(14-27)21(26(22)18-8-4-3-5-9-18)12-17-7-6-10-20(24)16(17)2/h3-11,13-14H,12H2,1-2H3. The molecule has 4 aromatic rings. The minimum atomic E-state index is -0.239. The average Bonchev–Trinajstić information content (AvgIpc) is 2.98. The maximum Gasteiger partial charge on any atom is 0.154 e. The van der Waals surface area contributed by atoms with E-state index in [1.165, 1.54) is 6.07 Å². The molecule has 0 radical (unpaired) electrons. The zero-order valence-corrected chi connectivity index (χ0v) is 15.2. The van der Waals surface area contributed by atoms with Gasteiger partial charge >= 0.3 is 0 Å². The van der Waals surface area contributed by atoms with Crippen molar-refractivity contribution in [1.82, 2.24) is 9.55 Å². The number of para-hydroxylation sites is 1. The highest BCUT2D eigenvalue weighted by Crippen LogP contribution is 2.30. The minimum Gasteiger partial charge on any atom is -0.311 e. The number of rotatable bonds is 4. The number of aromatic nitrogens is 2. The molecule has 0 fully saturated rings. The molecule has 0 unspecified atom stereocenters. The quantitative estimate of drug-likeness (QED) is 0.471. The summed E-state index contributed by atoms with van der Waals surface area (Å²) in [5.41, 5.74) is 6.35. The Kier molecular flexibility index (Phi) is 4.32. The van der Waals surface area contributed by atoms with E-state index in [9.17, 15) is 9.18 Å². The van der Waals surface area contributed by atoms with Gasteiger partial charge in [0.1, 0.15) is 5.82 Å². The van der Waals surface area contributed by atoms with Gasteiger partial charge in [-0.1, -0.05) is 30.3 Å². The Morgan fingerprint density at radius 2 is 1.85 bits per heavy atom. The average molecular weight is 358 g/mol. The number of nitrogens with zero attached hydrogens (tertiary/aromatic N) is 2. The van der Waals surface area contributed by atoms with Crippen molar-refractivity contribution in [1.29, 1.82) is 0 Å². The lowest BCUT2D eigenvalue weighted by Crippen LogP contribution is -2.05. The van der Waals surface area contributed by atoms with Crippen molar-refractivity contribution in [3.8, 4) is 5.69 Å². The first kappa shape index (κ1) is 17.2. The van der Waals surface area contributed by atoms with Gasteiger partial charge in [-0.25, -0.2) is 4.39 Å². The predicted octanol–water partition coefficient (Wildman–Crippen LogP) is 5.18. The second-order valence-electron chi connectivity index (χ2n) is 6.73. The monoisotopic (exact) mass is 358 g/mol. The second kappa shape index (κ2) is 6.80. The fraction of sp³-hybridized carbons (Fsp3) is 0.130. The third-order valence-electron chi connectivity index (χ3n) is 4.95. The molecule has 3 nitrogen and oxygen atoms in total. The van der Waals surface area contributed by atoms with Crippen LogP contribution in [0.4, 0.5) is 4.39 Å². The van der Waals surface area contributed by atoms with Crippen LogP contribution in [-0.2, 0) is 6.42 Å². The van der Waals surface area contributed by atoms with E-state index in [1.807, 2.05) is 49.4 Å². The highest BCUT2D eigenvalue weighted by molar-refractivity contribution is 5.98. The summed E-state index contributed by atoms with van der Waals surface area (Å²) < 4.78 is 16.1. The Hall–Kier alpha value is -3.27. The van der Waals surface area contributed by atoms with Crippen LogP contribution in [0.5, 0.6) is 0 Å². The molecule has 134 valence electrons. The van der Waals surface area contributed by atoms with Gasteiger partial charge in [-0.2, -0.15) is 0 Å². The third-order valence-corrected chi connectivity index (χ3v) is 4.95. The van der Waals surface area contributed by atoms with Gasteiger partial charge in [0.15, 0.2) is 6.29 Å². The van der Waals surface area contributed by atoms with Gasteiger partial charge in [0.05, 0.1) is 16.6 Å². The molecule has 4 rings (SSSR count). The van der Waals surface area contributed by atoms with E-state index in [0.717, 1.165) is 34.3 Å². The molecule has 0 aliphatic heterocycles. The number of carbonyl (C=O) groups excluding carboxylic acids is 1. The van der Waals surface area contributed by atoms with Gasteiger partial charge in [0.2, 0.25) is 0 Å². The molecular formula is C23H19FN2O. The predicted molar refractivity (Wildman–Crippen MR) is 105 cm³/mol. The maximum absolute atomic E-state index is 14.1. The summed E-state index contributed by atoms with van der Waals surface area (Å²) >= 11 is 0. The number of halogens is 1. The Morgan fingerprint density at radius 3 is 2.59 bits per heavy atom. The van der Waals surface area contributed by atoms with Crippen molar-refractivity contribution in [2.45, 2.75) is 20.3 Å². The third kappa shape index (κ3) is 2.93. The summed E-state index contributed by atoms with van der Waals surface area (Å²) in [7, 11) is 0. The first-order chi connectivity index (χ1) is 13.1. The van der Waals surface area contributed by atoms with E-state index in [-0.39, 0.29) is 5.82 Å². The molecule has 0 spiro atoms. The van der Waals surface area contributed by atoms with Crippen molar-refractivity contribution in [3.63, 3.8) is 0 Å². The van der Waals surface area contributed by atoms with Crippen molar-refractivity contribution in [3.05, 3.63) is 94.6 Å². The number of hydrogen-bond acceptors (Lipinski definition) is 2. The molecule has 0 N–H and O–H groups in total. The highest BCUT2D eigenvalue weighted by atomic mass is 19.1. The lowest BCUT2D eigenvalue weighted by atomic mass is 10.0. The van der Waals surface area contributed by atoms with Crippen molar-refractivity contribution < 1.29 is 9.18 Å². The number of carbonyl (C=O) groups is 1. The van der Waals surface area contributed by atoms with Crippen LogP contribution in [0.1, 0.15) is 32.7 Å². The van der Waals surface area contributed by atoms with E-state index in [1.54, 1.807) is 19.2 Å². The molecule has 0 aliphatic carbocycles. The first-order valence-electron chi connectivity index (χ1n) is 8.84. The molecule has 2 aromatic heterocycles. The fourth-order valence-electron chi connectivity index (χ4n) is 3.53. The number of fused-ring (bicyclic) bond motifs is 1. The van der Waals surface area contributed by atoms with Crippen LogP contribution in [-0.4, -0.2) is 15.8 Å². The molecule has 0 saturated heterocycles. The maximum atomic E-state index is 14.1. The Labute approximate surface area is 157 Å². The molecule has 2 aromatic carbocycles. The molecular weight excluding hydrogens is 339 g/mol. The van der Waals surface area contributed by atoms with Crippen molar-refractivity contribution >= 4 is 17.3 Å². The molecule has 0 aliphatic rings. The highest BCUT2D eigenvalue weighted by Gasteiger charge is 2.20. The van der Waals surface area contributed by atoms with Crippen LogP contribution in [0.25, 0.3) is 16.7 Å². The van der Waals surface area contributed by atoms with Crippen molar-refractivity contribution in [2.75, 3.05) is 0 Å². The summed E-state index contributed by atoms with van der Waals surface area (Å²) in [6.07, 6.45) is 3.07. The Morgan fingerprint density at radius 1 is 1.07 bits per heavy atom. The van der Waals surface area contributed by atoms with Gasteiger partial charge in [-0.15, -0.1) is 0 Å². The van der Waals surface area contributed by atoms with Crippen LogP contribution < -0.4 is 0 Å². The van der Waals surface area contributed by atoms with Crippen LogP contribution in [0.3, 0.4) is 0 Å². The van der Waals surface area contributed by atoms with Crippen LogP contribution in [0.15, 0.2) is 60.8 Å². The normalized spacial score (nSPS) is 11.1. The van der Waals surface area contributed by atoms with Gasteiger partial charge in [0.25, 0.3) is 0 Å². The van der Waals surface area contributed by atoms with E-state index < -0.39 is 0 Å². The van der Waals surface area contributed by atoms with Crippen LogP contribution >= 0.6 is 0 Å². The van der Waals surface area contributed by atoms with Gasteiger partial charge in [-0.05, 0) is 54.8 Å². The van der Waals surface area contributed by atoms with E-state index in [0.29, 0.717) is 23.1 Å². The molecule has 0 atom stereocenters. The van der Waals surface area contributed by atoms with Crippen molar-refractivity contribution in [2.24, 2.45) is 0 Å². The zero-order chi connectivity index (χ0) is 19.0. The molecule has 0 bridgehead atoms. The van der Waals surface area contributed by atoms with E-state index in [4.69, 9.17) is 0 Å². The lowest BCUT2D eigenvalue weighted by Gasteiger charge is -2.13. The molecule has 0 amide bonds. The summed E-state index contributed by atoms with van der Waals surface area (Å²) in [4.78, 5) is 16.5. The molecule has 27 heavy (non-hydrogen) atoms. The van der Waals surface area contributed by atoms with Crippen LogP contribution in [0.2, 0.25) is 0 Å². The van der Waals surface area contributed by atoms with Gasteiger partial charge in [-0.3, -0.25) is 9.78 Å². The number of benzene rings is 2. The van der Waals surface area contributed by atoms with Crippen LogP contribution in [0, 0.1) is 19.7 Å². The summed E-state index contributed by atoms with van der Waals surface area (Å²) in [5, 5.41) is 0. The topological polar surface area (TPSA) is 34.9 Å². The SMILES string of the molecule is Cc1cnc2c(C=O)c(Cc3cccc(F)c3C)n(-c3ccccc3)c2c1. The number of aryl methyl sites for hydroxylation is 1. The Bertz CT molecular complexity index is 1150. The molecule has 2 heterocycles. The largest absolute Gasteiger partial charge is 0.311 e. The minimum absolute atomic E-state index is 0.239. The summed E-state index contributed by atoms with van der Waals surface area (Å²) in [6.45, 7) is 3.74. The lowest BCUT2D eigenvalue weighted by molar-refractivity contribution is 0.112. The first-order valence-corrected chi connectivity index (χ1v) is 8.84. The molecule has 4 heteroatoms. The van der Waals surface area contributed by atoms with E-state index in [2.05, 4.69) is 9.55 Å². The zero-order valence-electron chi connectivity index (χ0n) is 15.2. The van der Waals surface area contributed by atoms with E-state index >= 15 is 0 Å². The van der Waals surface area contributed by atoms with Gasteiger partial charge in [0, 0.05) is 24.0 Å². The Balaban J connectivity index is 2.03. The number of aldehydes is 1. The summed E-state index contributed by atoms with van der Waals surface area (Å²) in [5.74, 6) is -0.239. The van der Waals surface area contributed by atoms with Gasteiger partial charge < -0.3 is 4.57 Å². The smallest absolute Gasteiger partial charge is 0.154 e.